The highest BCUT2D eigenvalue weighted by molar-refractivity contribution is 5.20. The third-order valence-corrected chi connectivity index (χ3v) is 2.18. The van der Waals surface area contributed by atoms with Gasteiger partial charge in [0.25, 0.3) is 0 Å². The molecule has 6 heteroatoms. The third-order valence-electron chi connectivity index (χ3n) is 2.18. The monoisotopic (exact) mass is 239 g/mol. The normalized spacial score (nSPS) is 10.8. The second-order valence-electron chi connectivity index (χ2n) is 3.56. The predicted octanol–water partition coefficient (Wildman–Crippen LogP) is 1.66. The minimum Gasteiger partial charge on any atom is -0.339 e. The molecule has 90 valence electrons. The molecule has 0 aliphatic rings. The summed E-state index contributed by atoms with van der Waals surface area (Å²) in [5.74, 6) is -0.834. The van der Waals surface area contributed by atoms with Gasteiger partial charge in [0.15, 0.2) is 17.5 Å². The fourth-order valence-electron chi connectivity index (χ4n) is 1.42. The van der Waals surface area contributed by atoms with Gasteiger partial charge in [-0.3, -0.25) is 0 Å². The van der Waals surface area contributed by atoms with Crippen LogP contribution in [0.25, 0.3) is 0 Å². The van der Waals surface area contributed by atoms with Gasteiger partial charge >= 0.3 is 0 Å². The summed E-state index contributed by atoms with van der Waals surface area (Å²) in [6.45, 7) is 0.501. The Kier molecular flexibility index (Phi) is 3.43. The molecule has 0 unspecified atom stereocenters. The van der Waals surface area contributed by atoms with Crippen LogP contribution in [0.1, 0.15) is 17.3 Å². The van der Waals surface area contributed by atoms with Gasteiger partial charge in [-0.25, -0.2) is 8.78 Å². The van der Waals surface area contributed by atoms with Gasteiger partial charge in [0, 0.05) is 0 Å². The minimum absolute atomic E-state index is 0.286. The van der Waals surface area contributed by atoms with E-state index in [9.17, 15) is 8.78 Å². The van der Waals surface area contributed by atoms with Crippen molar-refractivity contribution in [2.24, 2.45) is 0 Å². The van der Waals surface area contributed by atoms with Crippen LogP contribution in [-0.4, -0.2) is 17.2 Å². The molecule has 17 heavy (non-hydrogen) atoms. The average molecular weight is 239 g/mol. The number of nitrogens with one attached hydrogen (secondary N) is 1. The first-order chi connectivity index (χ1) is 8.19. The summed E-state index contributed by atoms with van der Waals surface area (Å²) in [5.41, 5.74) is 0.587. The molecule has 0 spiro atoms. The van der Waals surface area contributed by atoms with Crippen LogP contribution >= 0.6 is 0 Å². The zero-order valence-electron chi connectivity index (χ0n) is 9.20. The first-order valence-electron chi connectivity index (χ1n) is 5.09. The van der Waals surface area contributed by atoms with Crippen molar-refractivity contribution in [1.82, 2.24) is 15.5 Å². The maximum absolute atomic E-state index is 13.0. The molecule has 0 fully saturated rings. The minimum atomic E-state index is -0.877. The smallest absolute Gasteiger partial charge is 0.231 e. The van der Waals surface area contributed by atoms with E-state index in [0.717, 1.165) is 12.1 Å². The molecule has 0 atom stereocenters. The number of hydrogen-bond donors (Lipinski definition) is 1. The molecular weight excluding hydrogens is 228 g/mol. The van der Waals surface area contributed by atoms with Crippen LogP contribution in [0, 0.1) is 11.6 Å². The van der Waals surface area contributed by atoms with E-state index in [1.165, 1.54) is 6.07 Å². The Hall–Kier alpha value is -1.82. The van der Waals surface area contributed by atoms with E-state index in [1.54, 1.807) is 7.05 Å². The molecule has 0 saturated heterocycles. The van der Waals surface area contributed by atoms with Crippen LogP contribution in [0.15, 0.2) is 22.7 Å². The first kappa shape index (κ1) is 11.7. The van der Waals surface area contributed by atoms with Gasteiger partial charge in [-0.05, 0) is 24.7 Å². The van der Waals surface area contributed by atoms with Crippen LogP contribution in [0.5, 0.6) is 0 Å². The van der Waals surface area contributed by atoms with Crippen LogP contribution in [-0.2, 0) is 13.0 Å². The molecule has 0 amide bonds. The van der Waals surface area contributed by atoms with Crippen molar-refractivity contribution in [2.75, 3.05) is 7.05 Å². The van der Waals surface area contributed by atoms with E-state index in [1.807, 2.05) is 0 Å². The SMILES string of the molecule is CNCc1noc(Cc2ccc(F)c(F)c2)n1. The van der Waals surface area contributed by atoms with E-state index in [-0.39, 0.29) is 6.42 Å². The van der Waals surface area contributed by atoms with Crippen molar-refractivity contribution >= 4 is 0 Å². The molecular formula is C11H11F2N3O. The Balaban J connectivity index is 2.11. The number of hydrogen-bond acceptors (Lipinski definition) is 4. The lowest BCUT2D eigenvalue weighted by Gasteiger charge is -1.97. The first-order valence-corrected chi connectivity index (χ1v) is 5.09. The zero-order valence-corrected chi connectivity index (χ0v) is 9.20. The molecule has 4 nitrogen and oxygen atoms in total. The van der Waals surface area contributed by atoms with Gasteiger partial charge in [0.1, 0.15) is 0 Å². The molecule has 2 aromatic rings. The standard InChI is InChI=1S/C11H11F2N3O/c1-14-6-10-15-11(17-16-10)5-7-2-3-8(12)9(13)4-7/h2-4,14H,5-6H2,1H3. The number of nitrogens with zero attached hydrogens (tertiary/aromatic N) is 2. The quantitative estimate of drug-likeness (QED) is 0.881. The van der Waals surface area contributed by atoms with Crippen LogP contribution in [0.4, 0.5) is 8.78 Å². The third kappa shape index (κ3) is 2.85. The summed E-state index contributed by atoms with van der Waals surface area (Å²) < 4.78 is 30.6. The van der Waals surface area contributed by atoms with E-state index in [0.29, 0.717) is 23.8 Å². The van der Waals surface area contributed by atoms with Crippen LogP contribution in [0.3, 0.4) is 0 Å². The van der Waals surface area contributed by atoms with Gasteiger partial charge < -0.3 is 9.84 Å². The summed E-state index contributed by atoms with van der Waals surface area (Å²) in [6, 6.07) is 3.69. The fourth-order valence-corrected chi connectivity index (χ4v) is 1.42. The van der Waals surface area contributed by atoms with Gasteiger partial charge in [-0.15, -0.1) is 0 Å². The predicted molar refractivity (Wildman–Crippen MR) is 56.2 cm³/mol. The fraction of sp³-hybridized carbons (Fsp3) is 0.273. The second-order valence-corrected chi connectivity index (χ2v) is 3.56. The maximum atomic E-state index is 13.0. The highest BCUT2D eigenvalue weighted by Crippen LogP contribution is 2.12. The van der Waals surface area contributed by atoms with Crippen molar-refractivity contribution in [3.8, 4) is 0 Å². The van der Waals surface area contributed by atoms with Crippen molar-refractivity contribution in [2.45, 2.75) is 13.0 Å². The molecule has 0 aliphatic carbocycles. The molecule has 0 bridgehead atoms. The molecule has 0 aliphatic heterocycles. The lowest BCUT2D eigenvalue weighted by atomic mass is 10.1. The van der Waals surface area contributed by atoms with Crippen LogP contribution < -0.4 is 5.32 Å². The van der Waals surface area contributed by atoms with Crippen molar-refractivity contribution in [1.29, 1.82) is 0 Å². The summed E-state index contributed by atoms with van der Waals surface area (Å²) in [5, 5.41) is 6.61. The number of rotatable bonds is 4. The molecule has 1 heterocycles. The van der Waals surface area contributed by atoms with Crippen LogP contribution in [0.2, 0.25) is 0 Å². The summed E-state index contributed by atoms with van der Waals surface area (Å²) in [4.78, 5) is 4.09. The largest absolute Gasteiger partial charge is 0.339 e. The van der Waals surface area contributed by atoms with E-state index in [2.05, 4.69) is 15.5 Å². The average Bonchev–Trinajstić information content (AvgIpc) is 2.72. The highest BCUT2D eigenvalue weighted by Gasteiger charge is 2.08. The molecule has 2 rings (SSSR count). The number of halogens is 2. The summed E-state index contributed by atoms with van der Waals surface area (Å²) in [6.07, 6.45) is 0.286. The van der Waals surface area contributed by atoms with Gasteiger partial charge in [0.2, 0.25) is 5.89 Å². The highest BCUT2D eigenvalue weighted by atomic mass is 19.2. The molecule has 1 N–H and O–H groups in total. The summed E-state index contributed by atoms with van der Waals surface area (Å²) in [7, 11) is 1.77. The topological polar surface area (TPSA) is 51.0 Å². The number of aromatic nitrogens is 2. The Morgan fingerprint density at radius 3 is 2.82 bits per heavy atom. The Labute approximate surface area is 96.6 Å². The number of benzene rings is 1. The Morgan fingerprint density at radius 2 is 2.12 bits per heavy atom. The van der Waals surface area contributed by atoms with Gasteiger partial charge in [-0.1, -0.05) is 11.2 Å². The van der Waals surface area contributed by atoms with E-state index < -0.39 is 11.6 Å². The van der Waals surface area contributed by atoms with Gasteiger partial charge in [-0.2, -0.15) is 4.98 Å². The summed E-state index contributed by atoms with van der Waals surface area (Å²) >= 11 is 0. The molecule has 0 radical (unpaired) electrons. The van der Waals surface area contributed by atoms with Crippen molar-refractivity contribution in [3.05, 3.63) is 47.1 Å². The van der Waals surface area contributed by atoms with E-state index >= 15 is 0 Å². The Bertz CT molecular complexity index is 513. The Morgan fingerprint density at radius 1 is 1.29 bits per heavy atom. The zero-order chi connectivity index (χ0) is 12.3. The van der Waals surface area contributed by atoms with E-state index in [4.69, 9.17) is 4.52 Å². The van der Waals surface area contributed by atoms with Gasteiger partial charge in [0.05, 0.1) is 13.0 Å². The lowest BCUT2D eigenvalue weighted by molar-refractivity contribution is 0.378. The van der Waals surface area contributed by atoms with Crippen molar-refractivity contribution in [3.63, 3.8) is 0 Å². The molecule has 1 aromatic heterocycles. The lowest BCUT2D eigenvalue weighted by Crippen LogP contribution is -2.06. The second kappa shape index (κ2) is 5.01. The van der Waals surface area contributed by atoms with Crippen molar-refractivity contribution < 1.29 is 13.3 Å². The molecule has 1 aromatic carbocycles. The maximum Gasteiger partial charge on any atom is 0.231 e. The molecule has 0 saturated carbocycles.